The summed E-state index contributed by atoms with van der Waals surface area (Å²) in [6, 6.07) is 5.00. The predicted molar refractivity (Wildman–Crippen MR) is 63.2 cm³/mol. The van der Waals surface area contributed by atoms with Crippen LogP contribution in [0.4, 0.5) is 4.39 Å². The first kappa shape index (κ1) is 12.7. The van der Waals surface area contributed by atoms with Gasteiger partial charge in [0.2, 0.25) is 0 Å². The molecule has 0 fully saturated rings. The summed E-state index contributed by atoms with van der Waals surface area (Å²) in [7, 11) is 0. The van der Waals surface area contributed by atoms with Gasteiger partial charge in [-0.2, -0.15) is 0 Å². The summed E-state index contributed by atoms with van der Waals surface area (Å²) in [6.45, 7) is 4.34. The zero-order valence-corrected chi connectivity index (χ0v) is 10.6. The Kier molecular flexibility index (Phi) is 4.74. The first-order valence-electron chi connectivity index (χ1n) is 5.09. The lowest BCUT2D eigenvalue weighted by atomic mass is 9.90. The van der Waals surface area contributed by atoms with Crippen molar-refractivity contribution in [3.63, 3.8) is 0 Å². The molecular weight excluding hydrogens is 259 g/mol. The fourth-order valence-corrected chi connectivity index (χ4v) is 1.91. The molecule has 0 saturated carbocycles. The lowest BCUT2D eigenvalue weighted by Gasteiger charge is -2.18. The summed E-state index contributed by atoms with van der Waals surface area (Å²) in [4.78, 5) is 0. The van der Waals surface area contributed by atoms with Gasteiger partial charge in [-0.25, -0.2) is 4.39 Å². The van der Waals surface area contributed by atoms with Crippen molar-refractivity contribution in [3.8, 4) is 0 Å². The molecule has 0 aromatic heterocycles. The smallest absolute Gasteiger partial charge is 0.137 e. The molecule has 0 spiro atoms. The molecule has 0 aliphatic heterocycles. The van der Waals surface area contributed by atoms with Crippen molar-refractivity contribution in [1.29, 1.82) is 0 Å². The van der Waals surface area contributed by atoms with Crippen molar-refractivity contribution in [1.82, 2.24) is 0 Å². The van der Waals surface area contributed by atoms with Crippen molar-refractivity contribution in [2.75, 3.05) is 6.61 Å². The molecule has 1 rings (SSSR count). The molecule has 0 aliphatic rings. The van der Waals surface area contributed by atoms with E-state index < -0.39 is 0 Å². The maximum Gasteiger partial charge on any atom is 0.137 e. The zero-order chi connectivity index (χ0) is 11.4. The van der Waals surface area contributed by atoms with Gasteiger partial charge in [-0.05, 0) is 51.9 Å². The van der Waals surface area contributed by atoms with Gasteiger partial charge in [0.25, 0.3) is 0 Å². The molecule has 15 heavy (non-hydrogen) atoms. The van der Waals surface area contributed by atoms with Crippen molar-refractivity contribution in [2.24, 2.45) is 11.8 Å². The molecule has 1 aromatic carbocycles. The van der Waals surface area contributed by atoms with Gasteiger partial charge in [0.15, 0.2) is 0 Å². The summed E-state index contributed by atoms with van der Waals surface area (Å²) in [5.41, 5.74) is 1.05. The van der Waals surface area contributed by atoms with Crippen LogP contribution < -0.4 is 0 Å². The minimum absolute atomic E-state index is 0.173. The molecule has 84 valence electrons. The number of halogens is 2. The topological polar surface area (TPSA) is 20.2 Å². The van der Waals surface area contributed by atoms with Crippen LogP contribution in [0.1, 0.15) is 19.4 Å². The van der Waals surface area contributed by atoms with E-state index >= 15 is 0 Å². The third-order valence-corrected chi connectivity index (χ3v) is 3.27. The molecular formula is C12H16BrFO. The quantitative estimate of drug-likeness (QED) is 0.893. The average Bonchev–Trinajstić information content (AvgIpc) is 2.19. The molecule has 0 saturated heterocycles. The minimum atomic E-state index is -0.246. The van der Waals surface area contributed by atoms with Crippen molar-refractivity contribution >= 4 is 15.9 Å². The first-order valence-corrected chi connectivity index (χ1v) is 5.88. The zero-order valence-electron chi connectivity index (χ0n) is 9.00. The number of aliphatic hydroxyl groups excluding tert-OH is 1. The third kappa shape index (κ3) is 3.58. The summed E-state index contributed by atoms with van der Waals surface area (Å²) >= 11 is 3.16. The number of benzene rings is 1. The standard InChI is InChI=1S/C12H16BrFO/c1-8(2)10(7-15)5-9-3-4-12(14)11(13)6-9/h3-4,6,8,10,15H,5,7H2,1-2H3. The number of hydrogen-bond acceptors (Lipinski definition) is 1. The minimum Gasteiger partial charge on any atom is -0.396 e. The van der Waals surface area contributed by atoms with Crippen LogP contribution in [-0.2, 0) is 6.42 Å². The van der Waals surface area contributed by atoms with E-state index in [1.165, 1.54) is 6.07 Å². The highest BCUT2D eigenvalue weighted by molar-refractivity contribution is 9.10. The Morgan fingerprint density at radius 1 is 1.40 bits per heavy atom. The lowest BCUT2D eigenvalue weighted by Crippen LogP contribution is -2.16. The van der Waals surface area contributed by atoms with Crippen LogP contribution in [0.2, 0.25) is 0 Å². The summed E-state index contributed by atoms with van der Waals surface area (Å²) < 4.78 is 13.5. The Bertz CT molecular complexity index is 325. The summed E-state index contributed by atoms with van der Waals surface area (Å²) in [6.07, 6.45) is 0.785. The van der Waals surface area contributed by atoms with E-state index in [1.807, 2.05) is 0 Å². The monoisotopic (exact) mass is 274 g/mol. The fraction of sp³-hybridized carbons (Fsp3) is 0.500. The summed E-state index contributed by atoms with van der Waals surface area (Å²) in [5, 5.41) is 9.20. The second-order valence-electron chi connectivity index (χ2n) is 4.14. The maximum atomic E-state index is 13.0. The van der Waals surface area contributed by atoms with Crippen LogP contribution in [0, 0.1) is 17.7 Å². The van der Waals surface area contributed by atoms with Crippen LogP contribution in [0.3, 0.4) is 0 Å². The molecule has 1 N–H and O–H groups in total. The molecule has 1 aromatic rings. The van der Waals surface area contributed by atoms with Gasteiger partial charge >= 0.3 is 0 Å². The van der Waals surface area contributed by atoms with Crippen LogP contribution >= 0.6 is 15.9 Å². The predicted octanol–water partition coefficient (Wildman–Crippen LogP) is 3.40. The van der Waals surface area contributed by atoms with E-state index in [2.05, 4.69) is 29.8 Å². The van der Waals surface area contributed by atoms with Crippen LogP contribution in [0.15, 0.2) is 22.7 Å². The molecule has 0 bridgehead atoms. The normalized spacial score (nSPS) is 13.2. The Morgan fingerprint density at radius 2 is 2.07 bits per heavy atom. The van der Waals surface area contributed by atoms with Gasteiger partial charge in [0.05, 0.1) is 4.47 Å². The van der Waals surface area contributed by atoms with Crippen LogP contribution in [0.25, 0.3) is 0 Å². The average molecular weight is 275 g/mol. The van der Waals surface area contributed by atoms with Gasteiger partial charge in [0, 0.05) is 6.61 Å². The Labute approximate surface area is 98.4 Å². The second-order valence-corrected chi connectivity index (χ2v) is 4.99. The Balaban J connectivity index is 2.75. The van der Waals surface area contributed by atoms with E-state index in [9.17, 15) is 9.50 Å². The number of rotatable bonds is 4. The second kappa shape index (κ2) is 5.61. The molecule has 1 nitrogen and oxygen atoms in total. The van der Waals surface area contributed by atoms with Gasteiger partial charge in [0.1, 0.15) is 5.82 Å². The third-order valence-electron chi connectivity index (χ3n) is 2.66. The number of aliphatic hydroxyl groups is 1. The van der Waals surface area contributed by atoms with Crippen molar-refractivity contribution < 1.29 is 9.50 Å². The molecule has 3 heteroatoms. The molecule has 0 heterocycles. The van der Waals surface area contributed by atoms with Gasteiger partial charge < -0.3 is 5.11 Å². The Morgan fingerprint density at radius 3 is 2.53 bits per heavy atom. The molecule has 0 amide bonds. The van der Waals surface area contributed by atoms with Gasteiger partial charge in [-0.3, -0.25) is 0 Å². The maximum absolute atomic E-state index is 13.0. The molecule has 1 atom stereocenters. The fourth-order valence-electron chi connectivity index (χ4n) is 1.48. The summed E-state index contributed by atoms with van der Waals surface area (Å²) in [5.74, 6) is 0.421. The van der Waals surface area contributed by atoms with E-state index in [1.54, 1.807) is 12.1 Å². The molecule has 0 radical (unpaired) electrons. The van der Waals surface area contributed by atoms with Crippen molar-refractivity contribution in [3.05, 3.63) is 34.1 Å². The number of hydrogen-bond donors (Lipinski definition) is 1. The lowest BCUT2D eigenvalue weighted by molar-refractivity contribution is 0.189. The molecule has 0 aliphatic carbocycles. The largest absolute Gasteiger partial charge is 0.396 e. The van der Waals surface area contributed by atoms with E-state index in [0.717, 1.165) is 12.0 Å². The van der Waals surface area contributed by atoms with Gasteiger partial charge in [-0.15, -0.1) is 0 Å². The highest BCUT2D eigenvalue weighted by Gasteiger charge is 2.13. The van der Waals surface area contributed by atoms with E-state index in [4.69, 9.17) is 0 Å². The van der Waals surface area contributed by atoms with Crippen LogP contribution in [0.5, 0.6) is 0 Å². The van der Waals surface area contributed by atoms with Gasteiger partial charge in [-0.1, -0.05) is 19.9 Å². The molecule has 1 unspecified atom stereocenters. The Hall–Kier alpha value is -0.410. The highest BCUT2D eigenvalue weighted by Crippen LogP contribution is 2.21. The van der Waals surface area contributed by atoms with E-state index in [0.29, 0.717) is 10.4 Å². The van der Waals surface area contributed by atoms with Crippen molar-refractivity contribution in [2.45, 2.75) is 20.3 Å². The SMILES string of the molecule is CC(C)C(CO)Cc1ccc(F)c(Br)c1. The first-order chi connectivity index (χ1) is 7.04. The van der Waals surface area contributed by atoms with E-state index in [-0.39, 0.29) is 18.3 Å². The van der Waals surface area contributed by atoms with Crippen LogP contribution in [-0.4, -0.2) is 11.7 Å². The highest BCUT2D eigenvalue weighted by atomic mass is 79.9.